The van der Waals surface area contributed by atoms with E-state index in [1.807, 2.05) is 39.0 Å². The van der Waals surface area contributed by atoms with Gasteiger partial charge in [-0.1, -0.05) is 37.2 Å². The molecular formula is C24H24N4O4. The maximum atomic E-state index is 12.9. The number of aromatic nitrogens is 3. The summed E-state index contributed by atoms with van der Waals surface area (Å²) in [5.41, 5.74) is 1.46. The van der Waals surface area contributed by atoms with Crippen LogP contribution in [0.25, 0.3) is 22.4 Å². The fraction of sp³-hybridized carbons (Fsp3) is 0.250. The standard InChI is InChI=1S/C24H24N4O4/c1-4-31-17-11-9-16(10-12-17)25-21(29)14-28-20-8-6-5-7-18(20)19(13-22(28)30)24-26-23(15(2)3)27-32-24/h5-13,15H,4,14H2,1-3H3,(H,25,29). The van der Waals surface area contributed by atoms with Gasteiger partial charge in [-0.05, 0) is 37.3 Å². The summed E-state index contributed by atoms with van der Waals surface area (Å²) in [4.78, 5) is 30.1. The van der Waals surface area contributed by atoms with E-state index in [2.05, 4.69) is 15.5 Å². The molecule has 0 aliphatic carbocycles. The zero-order valence-electron chi connectivity index (χ0n) is 18.2. The third-order valence-electron chi connectivity index (χ3n) is 4.96. The molecule has 2 aromatic heterocycles. The van der Waals surface area contributed by atoms with Crippen molar-refractivity contribution in [2.45, 2.75) is 33.2 Å². The first-order valence-corrected chi connectivity index (χ1v) is 10.5. The van der Waals surface area contributed by atoms with Crippen molar-refractivity contribution >= 4 is 22.5 Å². The van der Waals surface area contributed by atoms with Crippen molar-refractivity contribution in [2.24, 2.45) is 0 Å². The third kappa shape index (κ3) is 4.39. The molecule has 0 saturated carbocycles. The quantitative estimate of drug-likeness (QED) is 0.470. The number of hydrogen-bond donors (Lipinski definition) is 1. The lowest BCUT2D eigenvalue weighted by molar-refractivity contribution is -0.116. The summed E-state index contributed by atoms with van der Waals surface area (Å²) in [6, 6.07) is 15.9. The fourth-order valence-electron chi connectivity index (χ4n) is 3.40. The van der Waals surface area contributed by atoms with Gasteiger partial charge in [0.1, 0.15) is 12.3 Å². The highest BCUT2D eigenvalue weighted by Gasteiger charge is 2.18. The van der Waals surface area contributed by atoms with Crippen LogP contribution in [0.2, 0.25) is 0 Å². The van der Waals surface area contributed by atoms with E-state index in [1.165, 1.54) is 10.6 Å². The van der Waals surface area contributed by atoms with Crippen LogP contribution >= 0.6 is 0 Å². The number of carbonyl (C=O) groups excluding carboxylic acids is 1. The Kier molecular flexibility index (Phi) is 6.02. The lowest BCUT2D eigenvalue weighted by atomic mass is 10.1. The van der Waals surface area contributed by atoms with Crippen molar-refractivity contribution in [1.82, 2.24) is 14.7 Å². The second-order valence-electron chi connectivity index (χ2n) is 7.62. The van der Waals surface area contributed by atoms with Gasteiger partial charge in [-0.25, -0.2) is 0 Å². The van der Waals surface area contributed by atoms with Crippen LogP contribution in [0.5, 0.6) is 5.75 Å². The highest BCUT2D eigenvalue weighted by molar-refractivity contribution is 5.95. The predicted molar refractivity (Wildman–Crippen MR) is 122 cm³/mol. The third-order valence-corrected chi connectivity index (χ3v) is 4.96. The number of carbonyl (C=O) groups is 1. The van der Waals surface area contributed by atoms with Gasteiger partial charge in [-0.2, -0.15) is 4.98 Å². The number of pyridine rings is 1. The molecule has 0 unspecified atom stereocenters. The predicted octanol–water partition coefficient (Wildman–Crippen LogP) is 4.21. The Bertz CT molecular complexity index is 1310. The SMILES string of the molecule is CCOc1ccc(NC(=O)Cn2c(=O)cc(-c3nc(C(C)C)no3)c3ccccc32)cc1. The molecule has 0 bridgehead atoms. The summed E-state index contributed by atoms with van der Waals surface area (Å²) in [5.74, 6) is 1.38. The van der Waals surface area contributed by atoms with Crippen molar-refractivity contribution in [2.75, 3.05) is 11.9 Å². The summed E-state index contributed by atoms with van der Waals surface area (Å²) >= 11 is 0. The van der Waals surface area contributed by atoms with Gasteiger partial charge in [-0.3, -0.25) is 14.2 Å². The number of para-hydroxylation sites is 1. The van der Waals surface area contributed by atoms with Crippen molar-refractivity contribution in [3.05, 3.63) is 70.8 Å². The number of nitrogens with one attached hydrogen (secondary N) is 1. The van der Waals surface area contributed by atoms with E-state index in [9.17, 15) is 9.59 Å². The molecule has 0 aliphatic heterocycles. The van der Waals surface area contributed by atoms with E-state index in [4.69, 9.17) is 9.26 Å². The molecule has 8 nitrogen and oxygen atoms in total. The second kappa shape index (κ2) is 9.05. The van der Waals surface area contributed by atoms with Crippen LogP contribution in [0.3, 0.4) is 0 Å². The van der Waals surface area contributed by atoms with Gasteiger partial charge < -0.3 is 14.6 Å². The summed E-state index contributed by atoms with van der Waals surface area (Å²) in [6.45, 7) is 6.28. The van der Waals surface area contributed by atoms with Crippen LogP contribution in [0, 0.1) is 0 Å². The fourth-order valence-corrected chi connectivity index (χ4v) is 3.40. The summed E-state index contributed by atoms with van der Waals surface area (Å²) in [6.07, 6.45) is 0. The monoisotopic (exact) mass is 432 g/mol. The van der Waals surface area contributed by atoms with E-state index in [0.29, 0.717) is 29.2 Å². The molecule has 0 radical (unpaired) electrons. The minimum absolute atomic E-state index is 0.102. The number of nitrogens with zero attached hydrogens (tertiary/aromatic N) is 3. The molecule has 1 N–H and O–H groups in total. The van der Waals surface area contributed by atoms with E-state index in [0.717, 1.165) is 11.1 Å². The first kappa shape index (κ1) is 21.3. The molecular weight excluding hydrogens is 408 g/mol. The zero-order chi connectivity index (χ0) is 22.7. The van der Waals surface area contributed by atoms with Gasteiger partial charge in [0.25, 0.3) is 11.4 Å². The molecule has 0 fully saturated rings. The average Bonchev–Trinajstić information content (AvgIpc) is 3.27. The smallest absolute Gasteiger partial charge is 0.258 e. The molecule has 164 valence electrons. The normalized spacial score (nSPS) is 11.1. The summed E-state index contributed by atoms with van der Waals surface area (Å²) in [7, 11) is 0. The molecule has 0 spiro atoms. The summed E-state index contributed by atoms with van der Waals surface area (Å²) in [5, 5.41) is 7.56. The Labute approximate surface area is 184 Å². The molecule has 0 saturated heterocycles. The molecule has 32 heavy (non-hydrogen) atoms. The van der Waals surface area contributed by atoms with Crippen molar-refractivity contribution in [3.63, 3.8) is 0 Å². The van der Waals surface area contributed by atoms with Gasteiger partial charge in [0, 0.05) is 23.1 Å². The Morgan fingerprint density at radius 3 is 2.59 bits per heavy atom. The Morgan fingerprint density at radius 1 is 1.16 bits per heavy atom. The van der Waals surface area contributed by atoms with Crippen LogP contribution in [0.1, 0.15) is 32.5 Å². The molecule has 0 atom stereocenters. The van der Waals surface area contributed by atoms with E-state index >= 15 is 0 Å². The lowest BCUT2D eigenvalue weighted by Crippen LogP contribution is -2.27. The maximum Gasteiger partial charge on any atom is 0.258 e. The molecule has 1 amide bonds. The largest absolute Gasteiger partial charge is 0.494 e. The topological polar surface area (TPSA) is 99.2 Å². The number of fused-ring (bicyclic) bond motifs is 1. The molecule has 4 rings (SSSR count). The Hall–Kier alpha value is -3.94. The first-order chi connectivity index (χ1) is 15.5. The van der Waals surface area contributed by atoms with Gasteiger partial charge in [0.05, 0.1) is 17.7 Å². The van der Waals surface area contributed by atoms with Crippen LogP contribution < -0.4 is 15.6 Å². The van der Waals surface area contributed by atoms with Gasteiger partial charge in [-0.15, -0.1) is 0 Å². The van der Waals surface area contributed by atoms with Crippen molar-refractivity contribution in [3.8, 4) is 17.2 Å². The molecule has 2 aromatic carbocycles. The van der Waals surface area contributed by atoms with Crippen molar-refractivity contribution in [1.29, 1.82) is 0 Å². The number of hydrogen-bond acceptors (Lipinski definition) is 6. The first-order valence-electron chi connectivity index (χ1n) is 10.5. The van der Waals surface area contributed by atoms with Gasteiger partial charge in [0.2, 0.25) is 5.91 Å². The van der Waals surface area contributed by atoms with E-state index in [1.54, 1.807) is 30.3 Å². The minimum atomic E-state index is -0.329. The zero-order valence-corrected chi connectivity index (χ0v) is 18.2. The number of rotatable bonds is 7. The summed E-state index contributed by atoms with van der Waals surface area (Å²) < 4.78 is 12.2. The van der Waals surface area contributed by atoms with Crippen LogP contribution in [-0.2, 0) is 11.3 Å². The number of benzene rings is 2. The molecule has 0 aliphatic rings. The number of ether oxygens (including phenoxy) is 1. The van der Waals surface area contributed by atoms with Crippen LogP contribution in [-0.4, -0.2) is 27.2 Å². The van der Waals surface area contributed by atoms with E-state index < -0.39 is 0 Å². The maximum absolute atomic E-state index is 12.9. The number of anilines is 1. The highest BCUT2D eigenvalue weighted by atomic mass is 16.5. The van der Waals surface area contributed by atoms with E-state index in [-0.39, 0.29) is 29.8 Å². The molecule has 4 aromatic rings. The lowest BCUT2D eigenvalue weighted by Gasteiger charge is -2.12. The average molecular weight is 432 g/mol. The molecule has 8 heteroatoms. The second-order valence-corrected chi connectivity index (χ2v) is 7.62. The highest BCUT2D eigenvalue weighted by Crippen LogP contribution is 2.27. The van der Waals surface area contributed by atoms with Crippen LogP contribution in [0.15, 0.2) is 63.9 Å². The Balaban J connectivity index is 1.64. The number of amides is 1. The van der Waals surface area contributed by atoms with Gasteiger partial charge >= 0.3 is 0 Å². The van der Waals surface area contributed by atoms with Gasteiger partial charge in [0.15, 0.2) is 5.82 Å². The van der Waals surface area contributed by atoms with Crippen LogP contribution in [0.4, 0.5) is 5.69 Å². The van der Waals surface area contributed by atoms with Crippen molar-refractivity contribution < 1.29 is 14.1 Å². The Morgan fingerprint density at radius 2 is 1.91 bits per heavy atom. The minimum Gasteiger partial charge on any atom is -0.494 e. The molecule has 2 heterocycles.